The van der Waals surface area contributed by atoms with Crippen LogP contribution in [0.5, 0.6) is 0 Å². The number of amides is 1. The summed E-state index contributed by atoms with van der Waals surface area (Å²) in [6, 6.07) is 9.78. The van der Waals surface area contributed by atoms with Crippen LogP contribution < -0.4 is 10.6 Å². The summed E-state index contributed by atoms with van der Waals surface area (Å²) in [5.74, 6) is -2.82. The first-order chi connectivity index (χ1) is 13.5. The number of ether oxygens (including phenoxy) is 1. The molecule has 156 valence electrons. The highest BCUT2D eigenvalue weighted by Crippen LogP contribution is 2.34. The average molecular weight is 429 g/mol. The first kappa shape index (κ1) is 22.5. The van der Waals surface area contributed by atoms with E-state index in [4.69, 9.17) is 11.6 Å². The third kappa shape index (κ3) is 5.00. The minimum absolute atomic E-state index is 0.00938. The monoisotopic (exact) mass is 428 g/mol. The Morgan fingerprint density at radius 3 is 2.31 bits per heavy atom. The van der Waals surface area contributed by atoms with Crippen molar-refractivity contribution in [1.29, 1.82) is 0 Å². The summed E-state index contributed by atoms with van der Waals surface area (Å²) in [5.41, 5.74) is -2.09. The van der Waals surface area contributed by atoms with Gasteiger partial charge in [0.1, 0.15) is 0 Å². The molecule has 0 aliphatic heterocycles. The molecule has 0 spiro atoms. The van der Waals surface area contributed by atoms with Crippen molar-refractivity contribution in [1.82, 2.24) is 5.32 Å². The van der Waals surface area contributed by atoms with Gasteiger partial charge in [0.2, 0.25) is 0 Å². The molecule has 2 aromatic carbocycles. The summed E-state index contributed by atoms with van der Waals surface area (Å²) in [5, 5.41) is 4.07. The fourth-order valence-electron chi connectivity index (χ4n) is 2.54. The number of nitrogens with one attached hydrogen (secondary N) is 2. The number of hydrogen-bond donors (Lipinski definition) is 2. The Bertz CT molecular complexity index is 918. The summed E-state index contributed by atoms with van der Waals surface area (Å²) >= 11 is 5.81. The molecular weight excluding hydrogens is 409 g/mol. The molecule has 2 N–H and O–H groups in total. The first-order valence-electron chi connectivity index (χ1n) is 8.67. The van der Waals surface area contributed by atoms with Gasteiger partial charge in [0.25, 0.3) is 5.91 Å². The lowest BCUT2D eigenvalue weighted by atomic mass is 10.1. The van der Waals surface area contributed by atoms with Crippen LogP contribution >= 0.6 is 11.6 Å². The van der Waals surface area contributed by atoms with Crippen LogP contribution in [0.15, 0.2) is 42.5 Å². The van der Waals surface area contributed by atoms with Gasteiger partial charge in [0, 0.05) is 16.3 Å². The Labute approximate surface area is 171 Å². The second-order valence-electron chi connectivity index (χ2n) is 6.36. The smallest absolute Gasteiger partial charge is 0.441 e. The molecule has 1 atom stereocenters. The lowest BCUT2D eigenvalue weighted by molar-refractivity contribution is -0.204. The topological polar surface area (TPSA) is 67.4 Å². The van der Waals surface area contributed by atoms with E-state index in [0.29, 0.717) is 5.56 Å². The van der Waals surface area contributed by atoms with Crippen molar-refractivity contribution in [2.45, 2.75) is 32.6 Å². The molecule has 29 heavy (non-hydrogen) atoms. The molecule has 9 heteroatoms. The van der Waals surface area contributed by atoms with E-state index in [0.717, 1.165) is 5.56 Å². The van der Waals surface area contributed by atoms with Crippen LogP contribution in [0.1, 0.15) is 28.4 Å². The van der Waals surface area contributed by atoms with E-state index in [2.05, 4.69) is 10.1 Å². The van der Waals surface area contributed by atoms with Gasteiger partial charge in [0.15, 0.2) is 0 Å². The Morgan fingerprint density at radius 2 is 1.76 bits per heavy atom. The van der Waals surface area contributed by atoms with Crippen molar-refractivity contribution in [2.24, 2.45) is 0 Å². The molecule has 0 saturated heterocycles. The molecule has 2 aromatic rings. The summed E-state index contributed by atoms with van der Waals surface area (Å²) in [6.45, 7) is 4.57. The predicted molar refractivity (Wildman–Crippen MR) is 104 cm³/mol. The fraction of sp³-hybridized carbons (Fsp3) is 0.300. The fourth-order valence-corrected chi connectivity index (χ4v) is 2.73. The van der Waals surface area contributed by atoms with Crippen molar-refractivity contribution in [3.63, 3.8) is 0 Å². The number of benzene rings is 2. The van der Waals surface area contributed by atoms with E-state index in [1.807, 2.05) is 0 Å². The Balaban J connectivity index is 2.54. The third-order valence-corrected chi connectivity index (χ3v) is 4.47. The maximum absolute atomic E-state index is 14.2. The molecule has 0 aliphatic rings. The molecular formula is C20H20ClF3N2O3. The van der Waals surface area contributed by atoms with E-state index >= 15 is 0 Å². The molecule has 1 amide bonds. The molecule has 5 nitrogen and oxygen atoms in total. The van der Waals surface area contributed by atoms with Crippen LogP contribution in [0.25, 0.3) is 0 Å². The molecule has 0 heterocycles. The van der Waals surface area contributed by atoms with Crippen molar-refractivity contribution in [3.05, 3.63) is 64.2 Å². The molecule has 0 radical (unpaired) electrons. The van der Waals surface area contributed by atoms with Crippen molar-refractivity contribution in [2.75, 3.05) is 11.9 Å². The van der Waals surface area contributed by atoms with Crippen LogP contribution in [0.2, 0.25) is 5.02 Å². The summed E-state index contributed by atoms with van der Waals surface area (Å²) in [6.07, 6.45) is -5.22. The van der Waals surface area contributed by atoms with Gasteiger partial charge in [-0.25, -0.2) is 4.79 Å². The summed E-state index contributed by atoms with van der Waals surface area (Å²) < 4.78 is 47.2. The quantitative estimate of drug-likeness (QED) is 0.520. The number of carbonyl (C=O) groups excluding carboxylic acids is 2. The lowest BCUT2D eigenvalue weighted by Crippen LogP contribution is -2.69. The van der Waals surface area contributed by atoms with Gasteiger partial charge in [0.05, 0.1) is 6.61 Å². The predicted octanol–water partition coefficient (Wildman–Crippen LogP) is 4.62. The Hall–Kier alpha value is -2.74. The summed E-state index contributed by atoms with van der Waals surface area (Å²) in [4.78, 5) is 25.0. The number of esters is 1. The minimum Gasteiger partial charge on any atom is -0.463 e. The molecule has 0 bridgehead atoms. The zero-order valence-corrected chi connectivity index (χ0v) is 16.7. The van der Waals surface area contributed by atoms with Crippen molar-refractivity contribution < 1.29 is 27.5 Å². The molecule has 0 aromatic heterocycles. The van der Waals surface area contributed by atoms with E-state index in [1.165, 1.54) is 43.3 Å². The number of aryl methyl sites for hydroxylation is 2. The maximum atomic E-state index is 14.2. The van der Waals surface area contributed by atoms with E-state index in [1.54, 1.807) is 25.2 Å². The highest BCUT2D eigenvalue weighted by Gasteiger charge is 2.63. The minimum atomic E-state index is -5.22. The Kier molecular flexibility index (Phi) is 6.79. The second kappa shape index (κ2) is 8.73. The normalized spacial score (nSPS) is 13.3. The molecule has 0 fully saturated rings. The van der Waals surface area contributed by atoms with Gasteiger partial charge >= 0.3 is 17.8 Å². The summed E-state index contributed by atoms with van der Waals surface area (Å²) in [7, 11) is 0. The highest BCUT2D eigenvalue weighted by molar-refractivity contribution is 6.31. The average Bonchev–Trinajstić information content (AvgIpc) is 2.63. The molecule has 2 rings (SSSR count). The van der Waals surface area contributed by atoms with Crippen LogP contribution in [0.3, 0.4) is 0 Å². The molecule has 0 saturated carbocycles. The van der Waals surface area contributed by atoms with Crippen LogP contribution in [-0.4, -0.2) is 30.3 Å². The molecule has 0 unspecified atom stereocenters. The van der Waals surface area contributed by atoms with Gasteiger partial charge in [-0.1, -0.05) is 23.7 Å². The van der Waals surface area contributed by atoms with Crippen LogP contribution in [0.4, 0.5) is 18.9 Å². The van der Waals surface area contributed by atoms with Gasteiger partial charge in [-0.3, -0.25) is 4.79 Å². The number of alkyl halides is 3. The lowest BCUT2D eigenvalue weighted by Gasteiger charge is -2.35. The SMILES string of the molecule is CCOC(=O)[C@@](NC(=O)c1cccc(Cl)c1)(Nc1ccc(C)c(C)c1)C(F)(F)F. The van der Waals surface area contributed by atoms with Gasteiger partial charge in [-0.05, 0) is 62.2 Å². The van der Waals surface area contributed by atoms with E-state index in [-0.39, 0.29) is 22.9 Å². The standard InChI is InChI=1S/C20H20ClF3N2O3/c1-4-29-18(28)19(20(22,23)24,25-16-9-8-12(2)13(3)10-16)26-17(27)14-6-5-7-15(21)11-14/h5-11,25H,4H2,1-3H3,(H,26,27)/t19-/m0/s1. The first-order valence-corrected chi connectivity index (χ1v) is 9.05. The van der Waals surface area contributed by atoms with Gasteiger partial charge in [-0.2, -0.15) is 13.2 Å². The third-order valence-electron chi connectivity index (χ3n) is 4.23. The van der Waals surface area contributed by atoms with E-state index < -0.39 is 23.7 Å². The van der Waals surface area contributed by atoms with Crippen LogP contribution in [0, 0.1) is 13.8 Å². The highest BCUT2D eigenvalue weighted by atomic mass is 35.5. The maximum Gasteiger partial charge on any atom is 0.441 e. The largest absolute Gasteiger partial charge is 0.463 e. The zero-order chi connectivity index (χ0) is 21.8. The number of halogens is 4. The van der Waals surface area contributed by atoms with Gasteiger partial charge in [-0.15, -0.1) is 0 Å². The number of anilines is 1. The zero-order valence-electron chi connectivity index (χ0n) is 16.0. The van der Waals surface area contributed by atoms with Crippen LogP contribution in [-0.2, 0) is 9.53 Å². The Morgan fingerprint density at radius 1 is 1.07 bits per heavy atom. The van der Waals surface area contributed by atoms with Crippen molar-refractivity contribution >= 4 is 29.2 Å². The number of rotatable bonds is 6. The van der Waals surface area contributed by atoms with E-state index in [9.17, 15) is 22.8 Å². The molecule has 0 aliphatic carbocycles. The van der Waals surface area contributed by atoms with Gasteiger partial charge < -0.3 is 15.4 Å². The number of hydrogen-bond acceptors (Lipinski definition) is 4. The number of carbonyl (C=O) groups is 2. The van der Waals surface area contributed by atoms with Crippen molar-refractivity contribution in [3.8, 4) is 0 Å². The second-order valence-corrected chi connectivity index (χ2v) is 6.79.